The molecule has 0 bridgehead atoms. The van der Waals surface area contributed by atoms with Crippen LogP contribution in [0.5, 0.6) is 0 Å². The Balaban J connectivity index is 2.16. The van der Waals surface area contributed by atoms with Crippen molar-refractivity contribution in [2.75, 3.05) is 5.75 Å². The van der Waals surface area contributed by atoms with E-state index in [9.17, 15) is 13.2 Å². The fraction of sp³-hybridized carbons (Fsp3) is 0.133. The average molecular weight is 343 g/mol. The highest BCUT2D eigenvalue weighted by atomic mass is 35.5. The number of ketones is 1. The van der Waals surface area contributed by atoms with Crippen LogP contribution in [0.2, 0.25) is 10.0 Å². The van der Waals surface area contributed by atoms with Gasteiger partial charge in [0, 0.05) is 10.6 Å². The van der Waals surface area contributed by atoms with Gasteiger partial charge in [-0.15, -0.1) is 0 Å². The Morgan fingerprint density at radius 1 is 1.00 bits per heavy atom. The summed E-state index contributed by atoms with van der Waals surface area (Å²) >= 11 is 11.7. The Labute approximate surface area is 133 Å². The summed E-state index contributed by atoms with van der Waals surface area (Å²) in [7, 11) is -3.56. The number of halogens is 2. The van der Waals surface area contributed by atoms with E-state index in [2.05, 4.69) is 0 Å². The summed E-state index contributed by atoms with van der Waals surface area (Å²) in [6, 6.07) is 13.1. The van der Waals surface area contributed by atoms with E-state index in [1.54, 1.807) is 36.4 Å². The lowest BCUT2D eigenvalue weighted by Crippen LogP contribution is -2.18. The molecule has 110 valence electrons. The molecule has 0 aliphatic heterocycles. The minimum Gasteiger partial charge on any atom is -0.293 e. The number of hydrogen-bond donors (Lipinski definition) is 0. The van der Waals surface area contributed by atoms with Crippen molar-refractivity contribution in [2.24, 2.45) is 0 Å². The van der Waals surface area contributed by atoms with Gasteiger partial charge in [-0.2, -0.15) is 0 Å². The van der Waals surface area contributed by atoms with Gasteiger partial charge in [0.15, 0.2) is 15.6 Å². The summed E-state index contributed by atoms with van der Waals surface area (Å²) in [4.78, 5) is 12.1. The number of rotatable bonds is 5. The second kappa shape index (κ2) is 6.60. The van der Waals surface area contributed by atoms with Gasteiger partial charge in [0.25, 0.3) is 0 Å². The Kier molecular flexibility index (Phi) is 5.04. The molecule has 0 fully saturated rings. The van der Waals surface area contributed by atoms with Gasteiger partial charge >= 0.3 is 0 Å². The van der Waals surface area contributed by atoms with E-state index in [0.717, 1.165) is 0 Å². The van der Waals surface area contributed by atoms with Crippen LogP contribution in [-0.4, -0.2) is 20.0 Å². The number of carbonyl (C=O) groups is 1. The topological polar surface area (TPSA) is 51.2 Å². The lowest BCUT2D eigenvalue weighted by atomic mass is 10.1. The highest BCUT2D eigenvalue weighted by Crippen LogP contribution is 2.22. The summed E-state index contributed by atoms with van der Waals surface area (Å²) in [6.45, 7) is 0. The molecule has 0 heterocycles. The summed E-state index contributed by atoms with van der Waals surface area (Å²) in [6.07, 6.45) is 0. The maximum Gasteiger partial charge on any atom is 0.179 e. The first-order chi connectivity index (χ1) is 9.87. The van der Waals surface area contributed by atoms with Crippen LogP contribution < -0.4 is 0 Å². The molecule has 0 amide bonds. The highest BCUT2D eigenvalue weighted by molar-refractivity contribution is 7.91. The first-order valence-corrected chi connectivity index (χ1v) is 8.68. The first-order valence-electron chi connectivity index (χ1n) is 6.10. The molecule has 2 aromatic rings. The van der Waals surface area contributed by atoms with E-state index in [4.69, 9.17) is 23.2 Å². The second-order valence-electron chi connectivity index (χ2n) is 4.57. The molecule has 0 N–H and O–H groups in total. The molecular weight excluding hydrogens is 331 g/mol. The molecule has 2 rings (SSSR count). The van der Waals surface area contributed by atoms with Crippen molar-refractivity contribution in [2.45, 2.75) is 5.75 Å². The van der Waals surface area contributed by atoms with E-state index in [1.165, 1.54) is 12.1 Å². The van der Waals surface area contributed by atoms with E-state index >= 15 is 0 Å². The molecule has 3 nitrogen and oxygen atoms in total. The van der Waals surface area contributed by atoms with Crippen LogP contribution in [0.25, 0.3) is 0 Å². The van der Waals surface area contributed by atoms with Crippen molar-refractivity contribution < 1.29 is 13.2 Å². The molecule has 0 atom stereocenters. The van der Waals surface area contributed by atoms with Gasteiger partial charge in [0.1, 0.15) is 5.75 Å². The Morgan fingerprint density at radius 3 is 2.33 bits per heavy atom. The zero-order chi connectivity index (χ0) is 15.5. The third-order valence-electron chi connectivity index (χ3n) is 2.81. The maximum atomic E-state index is 12.1. The van der Waals surface area contributed by atoms with Crippen LogP contribution in [0.4, 0.5) is 0 Å². The number of sulfone groups is 1. The van der Waals surface area contributed by atoms with Crippen LogP contribution >= 0.6 is 23.2 Å². The van der Waals surface area contributed by atoms with E-state index in [1.807, 2.05) is 0 Å². The van der Waals surface area contributed by atoms with Crippen LogP contribution in [0.3, 0.4) is 0 Å². The molecule has 0 spiro atoms. The SMILES string of the molecule is O=C(CS(=O)(=O)Cc1ccccc1)c1cc(Cl)ccc1Cl. The summed E-state index contributed by atoms with van der Waals surface area (Å²) < 4.78 is 24.2. The molecule has 0 radical (unpaired) electrons. The van der Waals surface area contributed by atoms with Crippen molar-refractivity contribution in [3.8, 4) is 0 Å². The van der Waals surface area contributed by atoms with Crippen LogP contribution in [0.1, 0.15) is 15.9 Å². The second-order valence-corrected chi connectivity index (χ2v) is 7.47. The van der Waals surface area contributed by atoms with Crippen molar-refractivity contribution in [1.82, 2.24) is 0 Å². The number of benzene rings is 2. The molecule has 21 heavy (non-hydrogen) atoms. The lowest BCUT2D eigenvalue weighted by molar-refractivity contribution is 0.102. The molecule has 0 saturated carbocycles. The largest absolute Gasteiger partial charge is 0.293 e. The smallest absolute Gasteiger partial charge is 0.179 e. The number of carbonyl (C=O) groups excluding carboxylic acids is 1. The fourth-order valence-corrected chi connectivity index (χ4v) is 3.62. The van der Waals surface area contributed by atoms with Gasteiger partial charge in [-0.25, -0.2) is 8.42 Å². The molecule has 2 aromatic carbocycles. The minimum absolute atomic E-state index is 0.126. The molecule has 0 saturated heterocycles. The van der Waals surface area contributed by atoms with Gasteiger partial charge in [0.2, 0.25) is 0 Å². The van der Waals surface area contributed by atoms with Crippen molar-refractivity contribution in [1.29, 1.82) is 0 Å². The monoisotopic (exact) mass is 342 g/mol. The van der Waals surface area contributed by atoms with Gasteiger partial charge in [-0.05, 0) is 23.8 Å². The van der Waals surface area contributed by atoms with E-state index in [-0.39, 0.29) is 16.3 Å². The molecule has 0 unspecified atom stereocenters. The van der Waals surface area contributed by atoms with Gasteiger partial charge < -0.3 is 0 Å². The van der Waals surface area contributed by atoms with Crippen LogP contribution in [0, 0.1) is 0 Å². The van der Waals surface area contributed by atoms with Gasteiger partial charge in [0.05, 0.1) is 10.8 Å². The van der Waals surface area contributed by atoms with E-state index in [0.29, 0.717) is 10.6 Å². The van der Waals surface area contributed by atoms with Crippen LogP contribution in [0.15, 0.2) is 48.5 Å². The highest BCUT2D eigenvalue weighted by Gasteiger charge is 2.20. The number of Topliss-reactive ketones (excluding diaryl/α,β-unsaturated/α-hetero) is 1. The van der Waals surface area contributed by atoms with E-state index < -0.39 is 21.4 Å². The zero-order valence-electron chi connectivity index (χ0n) is 10.9. The summed E-state index contributed by atoms with van der Waals surface area (Å²) in [5.41, 5.74) is 0.767. The quantitative estimate of drug-likeness (QED) is 0.776. The summed E-state index contributed by atoms with van der Waals surface area (Å²) in [5, 5.41) is 0.530. The van der Waals surface area contributed by atoms with Crippen molar-refractivity contribution >= 4 is 38.8 Å². The molecular formula is C15H12Cl2O3S. The zero-order valence-corrected chi connectivity index (χ0v) is 13.3. The Bertz CT molecular complexity index is 756. The van der Waals surface area contributed by atoms with Gasteiger partial charge in [-0.3, -0.25) is 4.79 Å². The van der Waals surface area contributed by atoms with Crippen molar-refractivity contribution in [3.05, 3.63) is 69.7 Å². The lowest BCUT2D eigenvalue weighted by Gasteiger charge is -2.06. The first kappa shape index (κ1) is 16.0. The number of hydrogen-bond acceptors (Lipinski definition) is 3. The molecule has 0 aromatic heterocycles. The third-order valence-corrected chi connectivity index (χ3v) is 4.85. The fourth-order valence-electron chi connectivity index (χ4n) is 1.87. The standard InChI is InChI=1S/C15H12Cl2O3S/c16-12-6-7-14(17)13(8-12)15(18)10-21(19,20)9-11-4-2-1-3-5-11/h1-8H,9-10H2. The Morgan fingerprint density at radius 2 is 1.67 bits per heavy atom. The molecule has 6 heteroatoms. The normalized spacial score (nSPS) is 11.3. The van der Waals surface area contributed by atoms with Gasteiger partial charge in [-0.1, -0.05) is 53.5 Å². The van der Waals surface area contributed by atoms with Crippen molar-refractivity contribution in [3.63, 3.8) is 0 Å². The minimum atomic E-state index is -3.56. The maximum absolute atomic E-state index is 12.1. The third kappa shape index (κ3) is 4.56. The molecule has 0 aliphatic rings. The average Bonchev–Trinajstić information content (AvgIpc) is 2.41. The Hall–Kier alpha value is -1.36. The van der Waals surface area contributed by atoms with Crippen LogP contribution in [-0.2, 0) is 15.6 Å². The molecule has 0 aliphatic carbocycles. The predicted molar refractivity (Wildman–Crippen MR) is 84.7 cm³/mol. The predicted octanol–water partition coefficient (Wildman–Crippen LogP) is 3.79. The summed E-state index contributed by atoms with van der Waals surface area (Å²) in [5.74, 6) is -1.34.